The zero-order chi connectivity index (χ0) is 33.5. The Balaban J connectivity index is 1.26. The van der Waals surface area contributed by atoms with Crippen molar-refractivity contribution in [3.05, 3.63) is 47.5 Å². The molecule has 5 heterocycles. The molecule has 3 aliphatic rings. The van der Waals surface area contributed by atoms with Gasteiger partial charge in [-0.05, 0) is 50.2 Å². The molecule has 0 bridgehead atoms. The number of aromatic hydroxyl groups is 1. The Hall–Kier alpha value is -4.75. The normalized spacial score (nSPS) is 22.1. The van der Waals surface area contributed by atoms with Crippen LogP contribution in [0.15, 0.2) is 35.0 Å². The van der Waals surface area contributed by atoms with Crippen LogP contribution in [-0.4, -0.2) is 89.9 Å². The van der Waals surface area contributed by atoms with E-state index in [1.165, 1.54) is 0 Å². The number of hydrogen-bond acceptors (Lipinski definition) is 9. The fraction of sp³-hybridized carbons (Fsp3) is 0.545. The summed E-state index contributed by atoms with van der Waals surface area (Å²) in [6, 6.07) is 5.73. The Labute approximate surface area is 272 Å². The predicted molar refractivity (Wildman–Crippen MR) is 169 cm³/mol. The minimum absolute atomic E-state index is 0.0148. The third kappa shape index (κ3) is 6.86. The minimum atomic E-state index is -0.924. The van der Waals surface area contributed by atoms with E-state index < -0.39 is 17.5 Å². The monoisotopic (exact) mass is 646 g/mol. The van der Waals surface area contributed by atoms with Crippen LogP contribution in [0.4, 0.5) is 0 Å². The van der Waals surface area contributed by atoms with Gasteiger partial charge in [-0.3, -0.25) is 19.2 Å². The molecular formula is C33H42N8O6. The first kappa shape index (κ1) is 32.2. The number of piperidine rings is 2. The zero-order valence-corrected chi connectivity index (χ0v) is 27.3. The van der Waals surface area contributed by atoms with Gasteiger partial charge in [0.25, 0.3) is 5.91 Å². The van der Waals surface area contributed by atoms with Gasteiger partial charge < -0.3 is 30.1 Å². The second-order valence-electron chi connectivity index (χ2n) is 14.2. The van der Waals surface area contributed by atoms with Gasteiger partial charge in [0, 0.05) is 31.6 Å². The van der Waals surface area contributed by atoms with Crippen LogP contribution in [0.25, 0.3) is 11.3 Å². The number of nitrogens with one attached hydrogen (secondary N) is 2. The summed E-state index contributed by atoms with van der Waals surface area (Å²) in [6.45, 7) is 8.76. The van der Waals surface area contributed by atoms with Crippen LogP contribution in [0, 0.1) is 12.3 Å². The molecule has 0 radical (unpaired) electrons. The molecule has 0 saturated carbocycles. The average Bonchev–Trinajstić information content (AvgIpc) is 3.66. The van der Waals surface area contributed by atoms with Gasteiger partial charge in [-0.25, -0.2) is 4.68 Å². The van der Waals surface area contributed by atoms with Crippen molar-refractivity contribution in [2.45, 2.75) is 90.4 Å². The number of fused-ring (bicyclic) bond motifs is 2. The SMILES string of the molecule is Cc1noc2c1C(=O)NC1(CCN(C(=O)CC(C)(C)C)CC1)CC(=O)N1CC[C@H](n3cc(-c4cccc(O)c4)nn3)C[C@H]1C(=O)NC2. The summed E-state index contributed by atoms with van der Waals surface area (Å²) in [4.78, 5) is 58.1. The Kier molecular flexibility index (Phi) is 8.53. The molecule has 14 nitrogen and oxygen atoms in total. The fourth-order valence-electron chi connectivity index (χ4n) is 6.89. The van der Waals surface area contributed by atoms with E-state index in [0.717, 1.165) is 0 Å². The highest BCUT2D eigenvalue weighted by Crippen LogP contribution is 2.34. The van der Waals surface area contributed by atoms with Gasteiger partial charge in [-0.1, -0.05) is 43.3 Å². The maximum Gasteiger partial charge on any atom is 0.257 e. The number of aryl methyl sites for hydroxylation is 1. The smallest absolute Gasteiger partial charge is 0.257 e. The van der Waals surface area contributed by atoms with Crippen LogP contribution >= 0.6 is 0 Å². The van der Waals surface area contributed by atoms with Crippen LogP contribution in [-0.2, 0) is 20.9 Å². The maximum atomic E-state index is 14.1. The molecular weight excluding hydrogens is 604 g/mol. The number of rotatable bonds is 3. The molecule has 1 spiro atoms. The third-order valence-electron chi connectivity index (χ3n) is 9.43. The van der Waals surface area contributed by atoms with E-state index in [1.54, 1.807) is 40.9 Å². The van der Waals surface area contributed by atoms with Crippen LogP contribution in [0.2, 0.25) is 0 Å². The number of carbonyl (C=O) groups excluding carboxylic acids is 4. The van der Waals surface area contributed by atoms with Crippen molar-refractivity contribution in [2.75, 3.05) is 19.6 Å². The van der Waals surface area contributed by atoms with Crippen molar-refractivity contribution in [3.8, 4) is 17.0 Å². The Morgan fingerprint density at radius 1 is 1.15 bits per heavy atom. The summed E-state index contributed by atoms with van der Waals surface area (Å²) >= 11 is 0. The van der Waals surface area contributed by atoms with Crippen LogP contribution < -0.4 is 10.6 Å². The molecule has 6 rings (SSSR count). The summed E-state index contributed by atoms with van der Waals surface area (Å²) in [5.74, 6) is -0.613. The number of phenolic OH excluding ortho intramolecular Hbond substituents is 1. The van der Waals surface area contributed by atoms with Crippen LogP contribution in [0.3, 0.4) is 0 Å². The van der Waals surface area contributed by atoms with E-state index in [0.29, 0.717) is 68.7 Å². The molecule has 250 valence electrons. The van der Waals surface area contributed by atoms with Crippen molar-refractivity contribution < 1.29 is 28.8 Å². The first-order valence-electron chi connectivity index (χ1n) is 16.1. The number of nitrogens with zero attached hydrogens (tertiary/aromatic N) is 6. The largest absolute Gasteiger partial charge is 0.508 e. The third-order valence-corrected chi connectivity index (χ3v) is 9.43. The summed E-state index contributed by atoms with van der Waals surface area (Å²) in [6.07, 6.45) is 3.80. The van der Waals surface area contributed by atoms with Crippen molar-refractivity contribution >= 4 is 23.6 Å². The van der Waals surface area contributed by atoms with Crippen molar-refractivity contribution in [3.63, 3.8) is 0 Å². The van der Waals surface area contributed by atoms with E-state index in [4.69, 9.17) is 4.52 Å². The van der Waals surface area contributed by atoms with Gasteiger partial charge in [-0.2, -0.15) is 0 Å². The summed E-state index contributed by atoms with van der Waals surface area (Å²) in [7, 11) is 0. The van der Waals surface area contributed by atoms with E-state index in [1.807, 2.05) is 31.7 Å². The standard InChI is InChI=1S/C33H42N8O6/c1-20-29-26(47-37-20)18-34-30(45)25-15-22(41-19-24(36-38-41)21-6-5-7-23(42)14-21)8-11-40(25)28(44)17-33(35-31(29)46)9-12-39(13-10-33)27(43)16-32(2,3)4/h5-7,14,19,22,25,42H,8-13,15-18H2,1-4H3,(H,34,45)(H,35,46)/t22-,25-/m0/s1. The predicted octanol–water partition coefficient (Wildman–Crippen LogP) is 2.73. The quantitative estimate of drug-likeness (QED) is 0.386. The van der Waals surface area contributed by atoms with Gasteiger partial charge >= 0.3 is 0 Å². The molecule has 0 unspecified atom stereocenters. The van der Waals surface area contributed by atoms with Gasteiger partial charge in [0.15, 0.2) is 5.76 Å². The fourth-order valence-corrected chi connectivity index (χ4v) is 6.89. The first-order chi connectivity index (χ1) is 22.3. The lowest BCUT2D eigenvalue weighted by atomic mass is 9.82. The van der Waals surface area contributed by atoms with Gasteiger partial charge in [0.2, 0.25) is 17.7 Å². The molecule has 1 aromatic carbocycles. The van der Waals surface area contributed by atoms with E-state index >= 15 is 0 Å². The van der Waals surface area contributed by atoms with E-state index in [9.17, 15) is 24.3 Å². The number of carbonyl (C=O) groups is 4. The number of hydrogen-bond donors (Lipinski definition) is 3. The number of likely N-dealkylation sites (tertiary alicyclic amines) is 1. The highest BCUT2D eigenvalue weighted by Gasteiger charge is 2.45. The summed E-state index contributed by atoms with van der Waals surface area (Å²) < 4.78 is 7.20. The van der Waals surface area contributed by atoms with Crippen LogP contribution in [0.1, 0.15) is 87.2 Å². The van der Waals surface area contributed by atoms with Crippen LogP contribution in [0.5, 0.6) is 5.75 Å². The molecule has 14 heteroatoms. The number of aromatic nitrogens is 4. The highest BCUT2D eigenvalue weighted by atomic mass is 16.5. The maximum absolute atomic E-state index is 14.1. The molecule has 47 heavy (non-hydrogen) atoms. The van der Waals surface area contributed by atoms with Gasteiger partial charge in [-0.15, -0.1) is 5.10 Å². The molecule has 2 aromatic heterocycles. The van der Waals surface area contributed by atoms with E-state index in [2.05, 4.69) is 26.1 Å². The summed E-state index contributed by atoms with van der Waals surface area (Å²) in [5, 5.41) is 28.5. The zero-order valence-electron chi connectivity index (χ0n) is 27.3. The highest BCUT2D eigenvalue weighted by molar-refractivity contribution is 5.97. The molecule has 4 amide bonds. The topological polar surface area (TPSA) is 176 Å². The average molecular weight is 647 g/mol. The van der Waals surface area contributed by atoms with Gasteiger partial charge in [0.05, 0.1) is 36.4 Å². The number of phenols is 1. The van der Waals surface area contributed by atoms with E-state index in [-0.39, 0.29) is 59.2 Å². The molecule has 2 fully saturated rings. The molecule has 2 atom stereocenters. The lowest BCUT2D eigenvalue weighted by Gasteiger charge is -2.45. The molecule has 3 aromatic rings. The molecule has 3 N–H and O–H groups in total. The van der Waals surface area contributed by atoms with Crippen molar-refractivity contribution in [2.24, 2.45) is 5.41 Å². The Morgan fingerprint density at radius 2 is 1.91 bits per heavy atom. The molecule has 3 aliphatic heterocycles. The molecule has 0 aliphatic carbocycles. The van der Waals surface area contributed by atoms with Crippen molar-refractivity contribution in [1.82, 2.24) is 40.6 Å². The Morgan fingerprint density at radius 3 is 2.64 bits per heavy atom. The lowest BCUT2D eigenvalue weighted by molar-refractivity contribution is -0.145. The number of amides is 4. The minimum Gasteiger partial charge on any atom is -0.508 e. The lowest BCUT2D eigenvalue weighted by Crippen LogP contribution is -2.60. The second-order valence-corrected chi connectivity index (χ2v) is 14.2. The number of benzene rings is 1. The molecule has 2 saturated heterocycles. The second kappa shape index (κ2) is 12.5. The van der Waals surface area contributed by atoms with Gasteiger partial charge in [0.1, 0.15) is 23.0 Å². The first-order valence-corrected chi connectivity index (χ1v) is 16.1. The van der Waals surface area contributed by atoms with Crippen molar-refractivity contribution in [1.29, 1.82) is 0 Å². The summed E-state index contributed by atoms with van der Waals surface area (Å²) in [5.41, 5.74) is 0.837. The Bertz CT molecular complexity index is 1680.